The Morgan fingerprint density at radius 1 is 1.67 bits per heavy atom. The van der Waals surface area contributed by atoms with Crippen molar-refractivity contribution in [2.24, 2.45) is 0 Å². The van der Waals surface area contributed by atoms with Crippen molar-refractivity contribution < 1.29 is 0 Å². The molecule has 0 saturated carbocycles. The van der Waals surface area contributed by atoms with Gasteiger partial charge in [-0.1, -0.05) is 0 Å². The fourth-order valence-electron chi connectivity index (χ4n) is 0.0690. The third-order valence-electron chi connectivity index (χ3n) is 0.189. The molecule has 0 rings (SSSR count). The molecule has 0 aromatic carbocycles. The predicted molar refractivity (Wildman–Crippen MR) is 31.2 cm³/mol. The molecule has 6 heavy (non-hydrogen) atoms. The summed E-state index contributed by atoms with van der Waals surface area (Å²) < 4.78 is 0. The topological polar surface area (TPSA) is 0 Å². The average molecular weight is 185 g/mol. The van der Waals surface area contributed by atoms with E-state index in [0.717, 1.165) is 0 Å². The standard InChI is InChI=1S/C3H3AsCl2/c1-2-3-4(5)6/h3H,1H2. The molecule has 0 amide bonds. The molecule has 0 unspecified atom stereocenters. The first kappa shape index (κ1) is 6.66. The van der Waals surface area contributed by atoms with E-state index in [1.165, 1.54) is 0 Å². The molecule has 0 aliphatic rings. The van der Waals surface area contributed by atoms with E-state index in [0.29, 0.717) is 0 Å². The van der Waals surface area contributed by atoms with Gasteiger partial charge in [-0.2, -0.15) is 0 Å². The molecule has 0 spiro atoms. The Kier molecular flexibility index (Phi) is 4.26. The van der Waals surface area contributed by atoms with Gasteiger partial charge in [0.1, 0.15) is 0 Å². The summed E-state index contributed by atoms with van der Waals surface area (Å²) in [4.78, 5) is 1.61. The van der Waals surface area contributed by atoms with Crippen LogP contribution in [-0.2, 0) is 0 Å². The number of halogens is 2. The van der Waals surface area contributed by atoms with Crippen molar-refractivity contribution in [3.05, 3.63) is 17.2 Å². The number of rotatable bonds is 1. The zero-order chi connectivity index (χ0) is 4.99. The Labute approximate surface area is 50.0 Å². The van der Waals surface area contributed by atoms with E-state index in [1.807, 2.05) is 0 Å². The van der Waals surface area contributed by atoms with Crippen molar-refractivity contribution in [1.29, 1.82) is 0 Å². The minimum absolute atomic E-state index is 1.58. The van der Waals surface area contributed by atoms with Gasteiger partial charge in [0.2, 0.25) is 0 Å². The Balaban J connectivity index is 3.29. The average Bonchev–Trinajstić information content (AvgIpc) is 1.35. The van der Waals surface area contributed by atoms with Crippen LogP contribution in [-0.4, -0.2) is 12.8 Å². The molecule has 0 saturated heterocycles. The Morgan fingerprint density at radius 3 is 2.17 bits per heavy atom. The zero-order valence-corrected chi connectivity index (χ0v) is 6.38. The predicted octanol–water partition coefficient (Wildman–Crippen LogP) is 1.83. The number of hydrogen-bond acceptors (Lipinski definition) is 0. The molecule has 0 N–H and O–H groups in total. The third kappa shape index (κ3) is 4.66. The molecule has 0 fully saturated rings. The summed E-state index contributed by atoms with van der Waals surface area (Å²) in [7, 11) is 10.7. The molecular weight excluding hydrogens is 182 g/mol. The van der Waals surface area contributed by atoms with Gasteiger partial charge in [-0.25, -0.2) is 0 Å². The molecule has 0 nitrogen and oxygen atoms in total. The van der Waals surface area contributed by atoms with Crippen LogP contribution in [0.4, 0.5) is 0 Å². The third-order valence-corrected chi connectivity index (χ3v) is 2.00. The van der Waals surface area contributed by atoms with Crippen LogP contribution in [0.15, 0.2) is 17.2 Å². The summed E-state index contributed by atoms with van der Waals surface area (Å²) in [5.74, 6) is 0. The van der Waals surface area contributed by atoms with Crippen LogP contribution in [0.3, 0.4) is 0 Å². The summed E-state index contributed by atoms with van der Waals surface area (Å²) in [5.41, 5.74) is 2.49. The maximum atomic E-state index is 5.33. The molecule has 0 aliphatic carbocycles. The van der Waals surface area contributed by atoms with Crippen molar-refractivity contribution in [3.63, 3.8) is 0 Å². The second-order valence-corrected chi connectivity index (χ2v) is 6.91. The van der Waals surface area contributed by atoms with Crippen LogP contribution in [0.25, 0.3) is 0 Å². The second-order valence-electron chi connectivity index (χ2n) is 0.592. The van der Waals surface area contributed by atoms with Gasteiger partial charge in [0.05, 0.1) is 0 Å². The van der Waals surface area contributed by atoms with Crippen molar-refractivity contribution in [2.45, 2.75) is 0 Å². The van der Waals surface area contributed by atoms with Crippen molar-refractivity contribution >= 4 is 32.7 Å². The van der Waals surface area contributed by atoms with E-state index < -0.39 is 12.8 Å². The van der Waals surface area contributed by atoms with Crippen LogP contribution >= 0.6 is 19.9 Å². The summed E-state index contributed by atoms with van der Waals surface area (Å²) in [5, 5.41) is 0. The van der Waals surface area contributed by atoms with E-state index in [1.54, 1.807) is 4.86 Å². The van der Waals surface area contributed by atoms with E-state index in [-0.39, 0.29) is 0 Å². The molecule has 0 radical (unpaired) electrons. The molecule has 0 aromatic rings. The Hall–Kier alpha value is 0.658. The Morgan fingerprint density at radius 2 is 2.17 bits per heavy atom. The first-order chi connectivity index (χ1) is 2.77. The van der Waals surface area contributed by atoms with E-state index in [2.05, 4.69) is 12.3 Å². The molecular formula is C3H3AsCl2. The molecule has 0 aliphatic heterocycles. The summed E-state index contributed by atoms with van der Waals surface area (Å²) >= 11 is -1.58. The van der Waals surface area contributed by atoms with Crippen LogP contribution in [0, 0.1) is 0 Å². The van der Waals surface area contributed by atoms with Crippen LogP contribution in [0.2, 0.25) is 0 Å². The second kappa shape index (κ2) is 3.84. The van der Waals surface area contributed by atoms with Crippen molar-refractivity contribution in [2.75, 3.05) is 0 Å². The first-order valence-electron chi connectivity index (χ1n) is 1.24. The number of hydrogen-bond donors (Lipinski definition) is 0. The molecule has 34 valence electrons. The summed E-state index contributed by atoms with van der Waals surface area (Å²) in [6.07, 6.45) is 0. The van der Waals surface area contributed by atoms with Gasteiger partial charge in [0, 0.05) is 0 Å². The quantitative estimate of drug-likeness (QED) is 0.431. The Bertz CT molecular complexity index is 72.9. The van der Waals surface area contributed by atoms with E-state index >= 15 is 0 Å². The van der Waals surface area contributed by atoms with Gasteiger partial charge >= 0.3 is 49.8 Å². The molecule has 3 heteroatoms. The molecule has 0 aromatic heterocycles. The first-order valence-corrected chi connectivity index (χ1v) is 7.25. The van der Waals surface area contributed by atoms with E-state index in [4.69, 9.17) is 19.9 Å². The van der Waals surface area contributed by atoms with Crippen LogP contribution in [0.1, 0.15) is 0 Å². The fourth-order valence-corrected chi connectivity index (χ4v) is 1.08. The van der Waals surface area contributed by atoms with Crippen LogP contribution < -0.4 is 0 Å². The van der Waals surface area contributed by atoms with Gasteiger partial charge in [-0.3, -0.25) is 0 Å². The normalized spacial score (nSPS) is 7.83. The van der Waals surface area contributed by atoms with Crippen molar-refractivity contribution in [3.8, 4) is 0 Å². The summed E-state index contributed by atoms with van der Waals surface area (Å²) in [6, 6.07) is 0. The molecule has 0 bridgehead atoms. The van der Waals surface area contributed by atoms with Crippen molar-refractivity contribution in [1.82, 2.24) is 0 Å². The maximum absolute atomic E-state index is 5.33. The fraction of sp³-hybridized carbons (Fsp3) is 0. The molecule has 0 atom stereocenters. The monoisotopic (exact) mass is 184 g/mol. The summed E-state index contributed by atoms with van der Waals surface area (Å²) in [6.45, 7) is 3.29. The van der Waals surface area contributed by atoms with Gasteiger partial charge in [-0.15, -0.1) is 0 Å². The van der Waals surface area contributed by atoms with Gasteiger partial charge in [0.15, 0.2) is 0 Å². The zero-order valence-electron chi connectivity index (χ0n) is 2.99. The van der Waals surface area contributed by atoms with Gasteiger partial charge in [-0.05, 0) is 0 Å². The van der Waals surface area contributed by atoms with Gasteiger partial charge in [0.25, 0.3) is 0 Å². The molecule has 0 heterocycles. The van der Waals surface area contributed by atoms with Gasteiger partial charge < -0.3 is 0 Å². The minimum atomic E-state index is -1.58. The van der Waals surface area contributed by atoms with Crippen LogP contribution in [0.5, 0.6) is 0 Å². The van der Waals surface area contributed by atoms with E-state index in [9.17, 15) is 0 Å². The SMILES string of the molecule is C=C=C[As](Cl)Cl.